The van der Waals surface area contributed by atoms with Gasteiger partial charge in [-0.25, -0.2) is 24.0 Å². The van der Waals surface area contributed by atoms with E-state index in [1.165, 1.54) is 17.1 Å². The van der Waals surface area contributed by atoms with Gasteiger partial charge >= 0.3 is 0 Å². The minimum absolute atomic E-state index is 0.0540. The first kappa shape index (κ1) is 20.1. The molecule has 32 heavy (non-hydrogen) atoms. The van der Waals surface area contributed by atoms with Gasteiger partial charge in [0.2, 0.25) is 0 Å². The van der Waals surface area contributed by atoms with Crippen LogP contribution in [0.15, 0.2) is 43.0 Å². The van der Waals surface area contributed by atoms with Crippen LogP contribution < -0.4 is 10.2 Å². The summed E-state index contributed by atoms with van der Waals surface area (Å²) in [5.74, 6) is 1.39. The van der Waals surface area contributed by atoms with Crippen molar-refractivity contribution in [1.29, 1.82) is 5.26 Å². The average Bonchev–Trinajstić information content (AvgIpc) is 3.16. The van der Waals surface area contributed by atoms with E-state index >= 15 is 0 Å². The SMILES string of the molecule is N#Cc1cc(F)c(-n2ncc3cnc(Nc4cc(N5CC(CO)C5)ncn4)cc32)c(Cl)c1. The van der Waals surface area contributed by atoms with Crippen molar-refractivity contribution in [3.8, 4) is 11.8 Å². The molecular weight excluding hydrogens is 435 g/mol. The van der Waals surface area contributed by atoms with E-state index in [0.717, 1.165) is 25.0 Å². The predicted molar refractivity (Wildman–Crippen MR) is 117 cm³/mol. The van der Waals surface area contributed by atoms with Crippen molar-refractivity contribution in [3.63, 3.8) is 0 Å². The summed E-state index contributed by atoms with van der Waals surface area (Å²) in [6.45, 7) is 1.65. The van der Waals surface area contributed by atoms with E-state index in [1.54, 1.807) is 24.5 Å². The summed E-state index contributed by atoms with van der Waals surface area (Å²) in [4.78, 5) is 14.9. The van der Waals surface area contributed by atoms with Crippen LogP contribution in [0.25, 0.3) is 16.6 Å². The van der Waals surface area contributed by atoms with Gasteiger partial charge < -0.3 is 15.3 Å². The molecule has 160 valence electrons. The normalized spacial score (nSPS) is 13.8. The van der Waals surface area contributed by atoms with E-state index < -0.39 is 5.82 Å². The number of aliphatic hydroxyl groups is 1. The summed E-state index contributed by atoms with van der Waals surface area (Å²) in [5.41, 5.74) is 0.762. The van der Waals surface area contributed by atoms with Gasteiger partial charge in [-0.1, -0.05) is 11.6 Å². The Balaban J connectivity index is 1.46. The quantitative estimate of drug-likeness (QED) is 0.476. The Bertz CT molecular complexity index is 1340. The molecule has 1 aromatic carbocycles. The highest BCUT2D eigenvalue weighted by atomic mass is 35.5. The summed E-state index contributed by atoms with van der Waals surface area (Å²) >= 11 is 6.24. The Kier molecular flexibility index (Phi) is 5.05. The van der Waals surface area contributed by atoms with Gasteiger partial charge in [-0.15, -0.1) is 0 Å². The van der Waals surface area contributed by atoms with Crippen LogP contribution in [0.2, 0.25) is 5.02 Å². The number of nitriles is 1. The molecule has 0 amide bonds. The van der Waals surface area contributed by atoms with Crippen LogP contribution in [0.5, 0.6) is 0 Å². The smallest absolute Gasteiger partial charge is 0.151 e. The van der Waals surface area contributed by atoms with Crippen LogP contribution in [-0.2, 0) is 0 Å². The Morgan fingerprint density at radius 1 is 1.16 bits per heavy atom. The number of pyridine rings is 1. The molecule has 0 saturated carbocycles. The van der Waals surface area contributed by atoms with Crippen LogP contribution in [0.1, 0.15) is 5.56 Å². The molecule has 4 aromatic rings. The average molecular weight is 451 g/mol. The van der Waals surface area contributed by atoms with Crippen molar-refractivity contribution >= 4 is 40.0 Å². The molecule has 1 aliphatic rings. The number of aromatic nitrogens is 5. The van der Waals surface area contributed by atoms with Gasteiger partial charge in [0.05, 0.1) is 28.4 Å². The fourth-order valence-corrected chi connectivity index (χ4v) is 3.88. The lowest BCUT2D eigenvalue weighted by Crippen LogP contribution is -2.48. The van der Waals surface area contributed by atoms with Gasteiger partial charge in [0, 0.05) is 49.3 Å². The van der Waals surface area contributed by atoms with E-state index in [4.69, 9.17) is 16.9 Å². The lowest BCUT2D eigenvalue weighted by Gasteiger charge is -2.39. The van der Waals surface area contributed by atoms with Gasteiger partial charge in [-0.3, -0.25) is 0 Å². The largest absolute Gasteiger partial charge is 0.396 e. The third-order valence-corrected chi connectivity index (χ3v) is 5.55. The molecular formula is C21H16ClFN8O. The predicted octanol–water partition coefficient (Wildman–Crippen LogP) is 3.05. The number of benzene rings is 1. The second-order valence-corrected chi connectivity index (χ2v) is 7.83. The summed E-state index contributed by atoms with van der Waals surface area (Å²) < 4.78 is 16.1. The first-order chi connectivity index (χ1) is 15.6. The Labute approximate surface area is 186 Å². The molecule has 1 fully saturated rings. The molecule has 0 spiro atoms. The van der Waals surface area contributed by atoms with Crippen LogP contribution >= 0.6 is 11.6 Å². The molecule has 2 N–H and O–H groups in total. The Morgan fingerprint density at radius 3 is 2.72 bits per heavy atom. The van der Waals surface area contributed by atoms with Crippen molar-refractivity contribution < 1.29 is 9.50 Å². The van der Waals surface area contributed by atoms with Crippen molar-refractivity contribution in [1.82, 2.24) is 24.7 Å². The van der Waals surface area contributed by atoms with E-state index in [-0.39, 0.29) is 28.8 Å². The van der Waals surface area contributed by atoms with Gasteiger partial charge in [0.25, 0.3) is 0 Å². The minimum Gasteiger partial charge on any atom is -0.396 e. The molecule has 3 aromatic heterocycles. The molecule has 11 heteroatoms. The number of anilines is 3. The highest BCUT2D eigenvalue weighted by molar-refractivity contribution is 6.32. The number of hydrogen-bond acceptors (Lipinski definition) is 8. The van der Waals surface area contributed by atoms with Crippen LogP contribution in [0.4, 0.5) is 21.8 Å². The Morgan fingerprint density at radius 2 is 1.97 bits per heavy atom. The number of aliphatic hydroxyl groups excluding tert-OH is 1. The first-order valence-corrected chi connectivity index (χ1v) is 10.1. The highest BCUT2D eigenvalue weighted by Crippen LogP contribution is 2.30. The molecule has 5 rings (SSSR count). The first-order valence-electron chi connectivity index (χ1n) is 9.74. The molecule has 0 aliphatic carbocycles. The van der Waals surface area contributed by atoms with E-state index in [9.17, 15) is 9.50 Å². The van der Waals surface area contributed by atoms with Gasteiger partial charge in [0.1, 0.15) is 29.5 Å². The second-order valence-electron chi connectivity index (χ2n) is 7.43. The highest BCUT2D eigenvalue weighted by Gasteiger charge is 2.27. The zero-order valence-corrected chi connectivity index (χ0v) is 17.3. The topological polar surface area (TPSA) is 116 Å². The van der Waals surface area contributed by atoms with Gasteiger partial charge in [-0.2, -0.15) is 10.4 Å². The van der Waals surface area contributed by atoms with Crippen molar-refractivity contribution in [3.05, 3.63) is 59.4 Å². The maximum absolute atomic E-state index is 14.7. The molecule has 0 radical (unpaired) electrons. The zero-order valence-electron chi connectivity index (χ0n) is 16.6. The molecule has 0 unspecified atom stereocenters. The lowest BCUT2D eigenvalue weighted by atomic mass is 10.0. The fourth-order valence-electron chi connectivity index (χ4n) is 3.59. The van der Waals surface area contributed by atoms with Crippen molar-refractivity contribution in [2.75, 3.05) is 29.9 Å². The van der Waals surface area contributed by atoms with E-state index in [1.807, 2.05) is 6.07 Å². The molecule has 0 bridgehead atoms. The number of hydrogen-bond donors (Lipinski definition) is 2. The molecule has 1 saturated heterocycles. The van der Waals surface area contributed by atoms with Crippen LogP contribution in [-0.4, -0.2) is 49.5 Å². The number of nitrogens with zero attached hydrogens (tertiary/aromatic N) is 7. The van der Waals surface area contributed by atoms with Crippen molar-refractivity contribution in [2.24, 2.45) is 5.92 Å². The van der Waals surface area contributed by atoms with Crippen molar-refractivity contribution in [2.45, 2.75) is 0 Å². The van der Waals surface area contributed by atoms with Gasteiger partial charge in [-0.05, 0) is 12.1 Å². The summed E-state index contributed by atoms with van der Waals surface area (Å²) in [6.07, 6.45) is 4.63. The third-order valence-electron chi connectivity index (χ3n) is 5.26. The lowest BCUT2D eigenvalue weighted by molar-refractivity contribution is 0.200. The molecule has 0 atom stereocenters. The second kappa shape index (κ2) is 8.03. The molecule has 9 nitrogen and oxygen atoms in total. The standard InChI is InChI=1S/C21H16ClFN8O/c22-15-1-12(5-24)2-16(23)21(15)31-17-3-18(25-6-14(17)7-28-31)29-19-4-20(27-11-26-19)30-8-13(9-30)10-32/h1-4,6-7,11,13,32H,8-10H2,(H,25,26,27,29). The number of halogens is 2. The number of rotatable bonds is 5. The maximum atomic E-state index is 14.7. The van der Waals surface area contributed by atoms with E-state index in [0.29, 0.717) is 22.5 Å². The molecule has 4 heterocycles. The monoisotopic (exact) mass is 450 g/mol. The number of fused-ring (bicyclic) bond motifs is 1. The minimum atomic E-state index is -0.651. The summed E-state index contributed by atoms with van der Waals surface area (Å²) in [6, 6.07) is 7.91. The van der Waals surface area contributed by atoms with Gasteiger partial charge in [0.15, 0.2) is 5.82 Å². The summed E-state index contributed by atoms with van der Waals surface area (Å²) in [5, 5.41) is 26.4. The Hall–Kier alpha value is -3.81. The van der Waals surface area contributed by atoms with Crippen LogP contribution in [0, 0.1) is 23.1 Å². The molecule has 1 aliphatic heterocycles. The fraction of sp³-hybridized carbons (Fsp3) is 0.190. The zero-order chi connectivity index (χ0) is 22.2. The maximum Gasteiger partial charge on any atom is 0.151 e. The van der Waals surface area contributed by atoms with Crippen LogP contribution in [0.3, 0.4) is 0 Å². The number of nitrogens with one attached hydrogen (secondary N) is 1. The van der Waals surface area contributed by atoms with E-state index in [2.05, 4.69) is 30.3 Å². The third kappa shape index (κ3) is 3.57. The summed E-state index contributed by atoms with van der Waals surface area (Å²) in [7, 11) is 0.